The lowest BCUT2D eigenvalue weighted by Crippen LogP contribution is -2.56. The van der Waals surface area contributed by atoms with Gasteiger partial charge in [0.15, 0.2) is 6.35 Å². The molecule has 1 aromatic carbocycles. The first-order chi connectivity index (χ1) is 12.3. The van der Waals surface area contributed by atoms with Crippen LogP contribution in [0.5, 0.6) is 0 Å². The SMILES string of the molecule is COC(=O)[C@@H]1CCCN1C(=O)[C@@H](NC(O)Nc1cccc(Cl)c1)C(C)C. The molecule has 8 heteroatoms. The van der Waals surface area contributed by atoms with Gasteiger partial charge in [0.2, 0.25) is 5.91 Å². The van der Waals surface area contributed by atoms with Crippen LogP contribution in [0.2, 0.25) is 5.02 Å². The van der Waals surface area contributed by atoms with Crippen LogP contribution in [0.4, 0.5) is 5.69 Å². The van der Waals surface area contributed by atoms with E-state index >= 15 is 0 Å². The molecule has 1 aromatic rings. The average Bonchev–Trinajstić information content (AvgIpc) is 3.08. The zero-order valence-electron chi connectivity index (χ0n) is 15.2. The van der Waals surface area contributed by atoms with E-state index in [1.165, 1.54) is 12.0 Å². The standard InChI is InChI=1S/C18H26ClN3O4/c1-11(2)15(16(23)22-9-5-8-14(22)17(24)26-3)21-18(25)20-13-7-4-6-12(19)10-13/h4,6-7,10-11,14-15,18,20-21,25H,5,8-9H2,1-3H3/t14-,15-,18?/m0/s1. The number of halogens is 1. The second kappa shape index (κ2) is 9.21. The summed E-state index contributed by atoms with van der Waals surface area (Å²) < 4.78 is 4.80. The fourth-order valence-corrected chi connectivity index (χ4v) is 3.28. The number of rotatable bonds is 7. The molecule has 1 aliphatic rings. The minimum atomic E-state index is -1.15. The van der Waals surface area contributed by atoms with Crippen LogP contribution in [0.1, 0.15) is 26.7 Å². The minimum Gasteiger partial charge on any atom is -0.467 e. The van der Waals surface area contributed by atoms with E-state index in [9.17, 15) is 14.7 Å². The lowest BCUT2D eigenvalue weighted by Gasteiger charge is -2.31. The van der Waals surface area contributed by atoms with E-state index in [2.05, 4.69) is 10.6 Å². The van der Waals surface area contributed by atoms with Crippen molar-refractivity contribution in [2.45, 2.75) is 45.1 Å². The normalized spacial score (nSPS) is 19.3. The first-order valence-electron chi connectivity index (χ1n) is 8.68. The molecular weight excluding hydrogens is 358 g/mol. The number of benzene rings is 1. The molecule has 3 N–H and O–H groups in total. The number of amides is 1. The first kappa shape index (κ1) is 20.5. The molecule has 1 amide bonds. The Balaban J connectivity index is 2.05. The highest BCUT2D eigenvalue weighted by atomic mass is 35.5. The van der Waals surface area contributed by atoms with Crippen LogP contribution in [-0.4, -0.2) is 54.0 Å². The molecule has 3 atom stereocenters. The van der Waals surface area contributed by atoms with E-state index < -0.39 is 24.4 Å². The van der Waals surface area contributed by atoms with Crippen LogP contribution in [0.25, 0.3) is 0 Å². The van der Waals surface area contributed by atoms with Gasteiger partial charge >= 0.3 is 5.97 Å². The molecule has 1 fully saturated rings. The van der Waals surface area contributed by atoms with Gasteiger partial charge in [0.1, 0.15) is 6.04 Å². The van der Waals surface area contributed by atoms with Crippen LogP contribution in [0.3, 0.4) is 0 Å². The molecule has 26 heavy (non-hydrogen) atoms. The van der Waals surface area contributed by atoms with Crippen LogP contribution in [-0.2, 0) is 14.3 Å². The summed E-state index contributed by atoms with van der Waals surface area (Å²) in [5, 5.41) is 16.6. The van der Waals surface area contributed by atoms with Gasteiger partial charge in [-0.15, -0.1) is 0 Å². The highest BCUT2D eigenvalue weighted by Gasteiger charge is 2.39. The average molecular weight is 384 g/mol. The third-order valence-electron chi connectivity index (χ3n) is 4.41. The fraction of sp³-hybridized carbons (Fsp3) is 0.556. The van der Waals surface area contributed by atoms with Gasteiger partial charge in [0.05, 0.1) is 13.2 Å². The monoisotopic (exact) mass is 383 g/mol. The molecule has 0 spiro atoms. The van der Waals surface area contributed by atoms with Crippen LogP contribution in [0.15, 0.2) is 24.3 Å². The number of carbonyl (C=O) groups is 2. The Kier molecular flexibility index (Phi) is 7.25. The quantitative estimate of drug-likeness (QED) is 0.491. The van der Waals surface area contributed by atoms with Gasteiger partial charge in [-0.2, -0.15) is 0 Å². The van der Waals surface area contributed by atoms with Gasteiger partial charge in [0.25, 0.3) is 0 Å². The number of hydrogen-bond acceptors (Lipinski definition) is 6. The highest BCUT2D eigenvalue weighted by molar-refractivity contribution is 6.30. The summed E-state index contributed by atoms with van der Waals surface area (Å²) in [6, 6.07) is 5.71. The largest absolute Gasteiger partial charge is 0.467 e. The number of aliphatic hydroxyl groups is 1. The Morgan fingerprint density at radius 3 is 2.73 bits per heavy atom. The summed E-state index contributed by atoms with van der Waals surface area (Å²) in [5.41, 5.74) is 0.626. The molecular formula is C18H26ClN3O4. The number of nitrogens with zero attached hydrogens (tertiary/aromatic N) is 1. The second-order valence-corrected chi connectivity index (χ2v) is 7.09. The van der Waals surface area contributed by atoms with E-state index in [4.69, 9.17) is 16.3 Å². The molecule has 0 saturated carbocycles. The first-order valence-corrected chi connectivity index (χ1v) is 9.05. The van der Waals surface area contributed by atoms with Crippen molar-refractivity contribution in [2.75, 3.05) is 19.0 Å². The number of likely N-dealkylation sites (tertiary alicyclic amines) is 1. The van der Waals surface area contributed by atoms with Gasteiger partial charge in [-0.1, -0.05) is 31.5 Å². The van der Waals surface area contributed by atoms with E-state index in [0.717, 1.165) is 6.42 Å². The third-order valence-corrected chi connectivity index (χ3v) is 4.64. The molecule has 0 bridgehead atoms. The second-order valence-electron chi connectivity index (χ2n) is 6.66. The van der Waals surface area contributed by atoms with Gasteiger partial charge < -0.3 is 20.1 Å². The van der Waals surface area contributed by atoms with E-state index in [-0.39, 0.29) is 11.8 Å². The molecule has 1 saturated heterocycles. The van der Waals surface area contributed by atoms with Crippen molar-refractivity contribution in [1.82, 2.24) is 10.2 Å². The summed E-state index contributed by atoms with van der Waals surface area (Å²) >= 11 is 5.93. The molecule has 1 aliphatic heterocycles. The van der Waals surface area contributed by atoms with E-state index in [1.807, 2.05) is 13.8 Å². The zero-order chi connectivity index (χ0) is 19.3. The number of ether oxygens (including phenoxy) is 1. The fourth-order valence-electron chi connectivity index (χ4n) is 3.09. The Hall–Kier alpha value is -1.83. The summed E-state index contributed by atoms with van der Waals surface area (Å²) in [6.45, 7) is 4.26. The van der Waals surface area contributed by atoms with Gasteiger partial charge in [-0.05, 0) is 37.0 Å². The maximum absolute atomic E-state index is 13.0. The summed E-state index contributed by atoms with van der Waals surface area (Å²) in [5.74, 6) is -0.715. The van der Waals surface area contributed by atoms with Crippen molar-refractivity contribution < 1.29 is 19.4 Å². The molecule has 144 valence electrons. The topological polar surface area (TPSA) is 90.9 Å². The van der Waals surface area contributed by atoms with Crippen molar-refractivity contribution in [1.29, 1.82) is 0 Å². The third kappa shape index (κ3) is 5.09. The lowest BCUT2D eigenvalue weighted by molar-refractivity contribution is -0.152. The summed E-state index contributed by atoms with van der Waals surface area (Å²) in [7, 11) is 1.32. The molecule has 0 aliphatic carbocycles. The Morgan fingerprint density at radius 1 is 1.38 bits per heavy atom. The van der Waals surface area contributed by atoms with Crippen molar-refractivity contribution in [2.24, 2.45) is 5.92 Å². The number of esters is 1. The predicted molar refractivity (Wildman–Crippen MR) is 99.6 cm³/mol. The Morgan fingerprint density at radius 2 is 2.12 bits per heavy atom. The smallest absolute Gasteiger partial charge is 0.328 e. The Labute approximate surface area is 158 Å². The van der Waals surface area contributed by atoms with E-state index in [1.54, 1.807) is 24.3 Å². The molecule has 1 unspecified atom stereocenters. The minimum absolute atomic E-state index is 0.0859. The van der Waals surface area contributed by atoms with Crippen molar-refractivity contribution in [3.63, 3.8) is 0 Å². The molecule has 0 aromatic heterocycles. The zero-order valence-corrected chi connectivity index (χ0v) is 16.0. The summed E-state index contributed by atoms with van der Waals surface area (Å²) in [4.78, 5) is 26.4. The van der Waals surface area contributed by atoms with Gasteiger partial charge in [-0.3, -0.25) is 10.1 Å². The van der Waals surface area contributed by atoms with Crippen molar-refractivity contribution in [3.05, 3.63) is 29.3 Å². The maximum atomic E-state index is 13.0. The van der Waals surface area contributed by atoms with Crippen molar-refractivity contribution in [3.8, 4) is 0 Å². The Bertz CT molecular complexity index is 641. The van der Waals surface area contributed by atoms with Crippen LogP contribution >= 0.6 is 11.6 Å². The number of hydrogen-bond donors (Lipinski definition) is 3. The number of anilines is 1. The molecule has 7 nitrogen and oxygen atoms in total. The molecule has 0 radical (unpaired) electrons. The van der Waals surface area contributed by atoms with Gasteiger partial charge in [0, 0.05) is 17.3 Å². The van der Waals surface area contributed by atoms with Crippen molar-refractivity contribution >= 4 is 29.2 Å². The van der Waals surface area contributed by atoms with Crippen LogP contribution < -0.4 is 10.6 Å². The highest BCUT2D eigenvalue weighted by Crippen LogP contribution is 2.21. The maximum Gasteiger partial charge on any atom is 0.328 e. The number of aliphatic hydroxyl groups excluding tert-OH is 1. The van der Waals surface area contributed by atoms with Gasteiger partial charge in [-0.25, -0.2) is 4.79 Å². The van der Waals surface area contributed by atoms with Crippen LogP contribution in [0, 0.1) is 5.92 Å². The summed E-state index contributed by atoms with van der Waals surface area (Å²) in [6.07, 6.45) is 0.190. The molecule has 2 rings (SSSR count). The number of carbonyl (C=O) groups excluding carboxylic acids is 2. The predicted octanol–water partition coefficient (Wildman–Crippen LogP) is 1.81. The lowest BCUT2D eigenvalue weighted by atomic mass is 10.0. The molecule has 1 heterocycles. The number of methoxy groups -OCH3 is 1. The van der Waals surface area contributed by atoms with E-state index in [0.29, 0.717) is 23.7 Å². The number of nitrogens with one attached hydrogen (secondary N) is 2.